The van der Waals surface area contributed by atoms with Crippen molar-refractivity contribution < 1.29 is 19.0 Å². The van der Waals surface area contributed by atoms with Crippen LogP contribution in [0.4, 0.5) is 4.39 Å². The highest BCUT2D eigenvalue weighted by Crippen LogP contribution is 2.23. The first-order valence-electron chi connectivity index (χ1n) is 7.37. The van der Waals surface area contributed by atoms with Gasteiger partial charge in [-0.2, -0.15) is 0 Å². The molecule has 116 valence electrons. The Kier molecular flexibility index (Phi) is 5.70. The summed E-state index contributed by atoms with van der Waals surface area (Å²) in [5.41, 5.74) is 0.717. The molecule has 0 radical (unpaired) electrons. The highest BCUT2D eigenvalue weighted by atomic mass is 19.1. The van der Waals surface area contributed by atoms with Gasteiger partial charge in [-0.05, 0) is 36.5 Å². The van der Waals surface area contributed by atoms with Gasteiger partial charge in [0.15, 0.2) is 0 Å². The van der Waals surface area contributed by atoms with Gasteiger partial charge in [0.25, 0.3) is 0 Å². The number of rotatable bonds is 5. The Morgan fingerprint density at radius 3 is 2.86 bits per heavy atom. The summed E-state index contributed by atoms with van der Waals surface area (Å²) in [5, 5.41) is 13.1. The van der Waals surface area contributed by atoms with Gasteiger partial charge in [-0.15, -0.1) is 0 Å². The first-order valence-corrected chi connectivity index (χ1v) is 7.37. The van der Waals surface area contributed by atoms with Crippen LogP contribution in [0.25, 0.3) is 0 Å². The number of hydrogen-bond acceptors (Lipinski definition) is 4. The predicted molar refractivity (Wildman–Crippen MR) is 77.4 cm³/mol. The van der Waals surface area contributed by atoms with E-state index in [4.69, 9.17) is 0 Å². The molecule has 4 nitrogen and oxygen atoms in total. The molecule has 2 N–H and O–H groups in total. The Hall–Kier alpha value is -1.46. The van der Waals surface area contributed by atoms with Crippen LogP contribution < -0.4 is 5.32 Å². The van der Waals surface area contributed by atoms with Crippen molar-refractivity contribution in [3.8, 4) is 0 Å². The fourth-order valence-corrected chi connectivity index (χ4v) is 2.77. The van der Waals surface area contributed by atoms with Gasteiger partial charge >= 0.3 is 5.97 Å². The molecule has 2 unspecified atom stereocenters. The van der Waals surface area contributed by atoms with Crippen LogP contribution in [0.2, 0.25) is 0 Å². The van der Waals surface area contributed by atoms with E-state index in [0.717, 1.165) is 37.8 Å². The zero-order valence-corrected chi connectivity index (χ0v) is 12.3. The second-order valence-corrected chi connectivity index (χ2v) is 5.55. The normalized spacial score (nSPS) is 22.0. The molecule has 21 heavy (non-hydrogen) atoms. The van der Waals surface area contributed by atoms with Crippen molar-refractivity contribution in [2.45, 2.75) is 38.3 Å². The number of hydrogen-bond donors (Lipinski definition) is 2. The fraction of sp³-hybridized carbons (Fsp3) is 0.562. The smallest absolute Gasteiger partial charge is 0.340 e. The van der Waals surface area contributed by atoms with Crippen molar-refractivity contribution in [3.63, 3.8) is 0 Å². The van der Waals surface area contributed by atoms with E-state index >= 15 is 0 Å². The summed E-state index contributed by atoms with van der Waals surface area (Å²) in [7, 11) is 1.23. The van der Waals surface area contributed by atoms with Crippen molar-refractivity contribution in [2.75, 3.05) is 13.7 Å². The van der Waals surface area contributed by atoms with Crippen molar-refractivity contribution >= 4 is 5.97 Å². The molecule has 0 heterocycles. The largest absolute Gasteiger partial charge is 0.465 e. The number of nitrogens with one attached hydrogen (secondary N) is 1. The highest BCUT2D eigenvalue weighted by Gasteiger charge is 2.22. The van der Waals surface area contributed by atoms with E-state index in [0.29, 0.717) is 6.54 Å². The molecule has 1 aliphatic rings. The maximum absolute atomic E-state index is 13.8. The lowest BCUT2D eigenvalue weighted by Crippen LogP contribution is -2.33. The van der Waals surface area contributed by atoms with Crippen LogP contribution in [-0.2, 0) is 11.3 Å². The van der Waals surface area contributed by atoms with Gasteiger partial charge in [0.05, 0.1) is 18.8 Å². The molecule has 5 heteroatoms. The fourth-order valence-electron chi connectivity index (χ4n) is 2.77. The molecule has 0 spiro atoms. The van der Waals surface area contributed by atoms with E-state index in [-0.39, 0.29) is 17.6 Å². The minimum absolute atomic E-state index is 0.0519. The lowest BCUT2D eigenvalue weighted by atomic mass is 9.86. The number of carbonyl (C=O) groups is 1. The molecule has 0 amide bonds. The van der Waals surface area contributed by atoms with E-state index in [2.05, 4.69) is 10.1 Å². The molecule has 0 aromatic heterocycles. The van der Waals surface area contributed by atoms with Gasteiger partial charge < -0.3 is 15.2 Å². The number of esters is 1. The minimum Gasteiger partial charge on any atom is -0.465 e. The third-order valence-corrected chi connectivity index (χ3v) is 4.04. The van der Waals surface area contributed by atoms with Crippen molar-refractivity contribution in [2.24, 2.45) is 5.92 Å². The summed E-state index contributed by atoms with van der Waals surface area (Å²) >= 11 is 0. The molecule has 1 aliphatic carbocycles. The molecule has 1 aromatic carbocycles. The maximum atomic E-state index is 13.8. The summed E-state index contributed by atoms with van der Waals surface area (Å²) in [6.45, 7) is 1.24. The molecular weight excluding hydrogens is 273 g/mol. The van der Waals surface area contributed by atoms with Crippen molar-refractivity contribution in [1.82, 2.24) is 5.32 Å². The monoisotopic (exact) mass is 295 g/mol. The summed E-state index contributed by atoms with van der Waals surface area (Å²) in [6, 6.07) is 4.49. The average Bonchev–Trinajstić information content (AvgIpc) is 2.48. The van der Waals surface area contributed by atoms with Gasteiger partial charge in [0.2, 0.25) is 0 Å². The van der Waals surface area contributed by atoms with Gasteiger partial charge in [-0.3, -0.25) is 0 Å². The molecular formula is C16H22FNO3. The van der Waals surface area contributed by atoms with Gasteiger partial charge in [0.1, 0.15) is 5.82 Å². The number of carbonyl (C=O) groups excluding carboxylic acids is 1. The molecule has 2 atom stereocenters. The van der Waals surface area contributed by atoms with Crippen LogP contribution in [0.1, 0.15) is 41.6 Å². The van der Waals surface area contributed by atoms with E-state index in [1.54, 1.807) is 6.07 Å². The van der Waals surface area contributed by atoms with E-state index in [9.17, 15) is 14.3 Å². The number of halogens is 1. The van der Waals surface area contributed by atoms with Gasteiger partial charge in [-0.1, -0.05) is 18.9 Å². The Morgan fingerprint density at radius 2 is 2.19 bits per heavy atom. The lowest BCUT2D eigenvalue weighted by Gasteiger charge is -2.27. The van der Waals surface area contributed by atoms with E-state index in [1.807, 2.05) is 0 Å². The first kappa shape index (κ1) is 15.9. The Morgan fingerprint density at radius 1 is 1.43 bits per heavy atom. The second kappa shape index (κ2) is 7.52. The number of methoxy groups -OCH3 is 1. The lowest BCUT2D eigenvalue weighted by molar-refractivity contribution is 0.0595. The van der Waals surface area contributed by atoms with Crippen LogP contribution in [0.3, 0.4) is 0 Å². The molecule has 0 aliphatic heterocycles. The topological polar surface area (TPSA) is 58.6 Å². The maximum Gasteiger partial charge on any atom is 0.340 e. The summed E-state index contributed by atoms with van der Waals surface area (Å²) in [5.74, 6) is -0.964. The SMILES string of the molecule is COC(=O)c1ccc(CNCC2CCCCC2O)cc1F. The molecule has 1 fully saturated rings. The average molecular weight is 295 g/mol. The third kappa shape index (κ3) is 4.25. The van der Waals surface area contributed by atoms with Crippen LogP contribution in [-0.4, -0.2) is 30.8 Å². The van der Waals surface area contributed by atoms with Gasteiger partial charge in [-0.25, -0.2) is 9.18 Å². The summed E-state index contributed by atoms with van der Waals surface area (Å²) in [6.07, 6.45) is 3.92. The van der Waals surface area contributed by atoms with E-state index in [1.165, 1.54) is 19.2 Å². The highest BCUT2D eigenvalue weighted by molar-refractivity contribution is 5.89. The van der Waals surface area contributed by atoms with Crippen LogP contribution in [0, 0.1) is 11.7 Å². The predicted octanol–water partition coefficient (Wildman–Crippen LogP) is 2.25. The zero-order valence-electron chi connectivity index (χ0n) is 12.3. The number of benzene rings is 1. The Labute approximate surface area is 124 Å². The Bertz CT molecular complexity index is 492. The zero-order chi connectivity index (χ0) is 15.2. The second-order valence-electron chi connectivity index (χ2n) is 5.55. The Balaban J connectivity index is 1.86. The molecule has 0 bridgehead atoms. The summed E-state index contributed by atoms with van der Waals surface area (Å²) < 4.78 is 18.3. The van der Waals surface area contributed by atoms with Crippen molar-refractivity contribution in [3.05, 3.63) is 35.1 Å². The minimum atomic E-state index is -0.669. The molecule has 2 rings (SSSR count). The number of ether oxygens (including phenoxy) is 1. The van der Waals surface area contributed by atoms with Crippen molar-refractivity contribution in [1.29, 1.82) is 0 Å². The summed E-state index contributed by atoms with van der Waals surface area (Å²) in [4.78, 5) is 11.3. The van der Waals surface area contributed by atoms with E-state index < -0.39 is 11.8 Å². The number of aliphatic hydroxyl groups is 1. The first-order chi connectivity index (χ1) is 10.1. The van der Waals surface area contributed by atoms with Gasteiger partial charge in [0, 0.05) is 13.1 Å². The molecule has 1 aromatic rings. The van der Waals surface area contributed by atoms with Crippen LogP contribution in [0.15, 0.2) is 18.2 Å². The molecule has 0 saturated heterocycles. The number of aliphatic hydroxyl groups excluding tert-OH is 1. The third-order valence-electron chi connectivity index (χ3n) is 4.04. The standard InChI is InChI=1S/C16H22FNO3/c1-21-16(20)13-7-6-11(8-14(13)17)9-18-10-12-4-2-3-5-15(12)19/h6-8,12,15,18-19H,2-5,9-10H2,1H3. The quantitative estimate of drug-likeness (QED) is 0.818. The van der Waals surface area contributed by atoms with Crippen LogP contribution >= 0.6 is 0 Å². The molecule has 1 saturated carbocycles. The van der Waals surface area contributed by atoms with Crippen LogP contribution in [0.5, 0.6) is 0 Å².